The third-order valence-corrected chi connectivity index (χ3v) is 1.91. The first-order valence-corrected chi connectivity index (χ1v) is 4.27. The molecule has 0 aliphatic carbocycles. The standard InChI is InChI=1S/C9H16O2/c1-2-11-9-6-4-3-5-7-10-8-9/h2,9H,1,3-8H2. The van der Waals surface area contributed by atoms with E-state index in [1.807, 2.05) is 0 Å². The fourth-order valence-electron chi connectivity index (χ4n) is 1.29. The van der Waals surface area contributed by atoms with Crippen LogP contribution < -0.4 is 0 Å². The lowest BCUT2D eigenvalue weighted by Gasteiger charge is -2.18. The molecule has 0 bridgehead atoms. The third kappa shape index (κ3) is 3.42. The lowest BCUT2D eigenvalue weighted by Crippen LogP contribution is -2.20. The maximum Gasteiger partial charge on any atom is 0.121 e. The third-order valence-electron chi connectivity index (χ3n) is 1.91. The van der Waals surface area contributed by atoms with E-state index in [-0.39, 0.29) is 6.10 Å². The largest absolute Gasteiger partial charge is 0.496 e. The van der Waals surface area contributed by atoms with Gasteiger partial charge < -0.3 is 9.47 Å². The molecule has 0 spiro atoms. The van der Waals surface area contributed by atoms with E-state index in [1.54, 1.807) is 0 Å². The molecule has 1 atom stereocenters. The molecule has 0 saturated carbocycles. The van der Waals surface area contributed by atoms with Gasteiger partial charge in [0, 0.05) is 6.61 Å². The maximum atomic E-state index is 5.37. The quantitative estimate of drug-likeness (QED) is 0.570. The van der Waals surface area contributed by atoms with Crippen LogP contribution in [0.1, 0.15) is 25.7 Å². The van der Waals surface area contributed by atoms with Gasteiger partial charge in [-0.05, 0) is 19.3 Å². The topological polar surface area (TPSA) is 18.5 Å². The molecule has 11 heavy (non-hydrogen) atoms. The van der Waals surface area contributed by atoms with Gasteiger partial charge in [-0.3, -0.25) is 0 Å². The second-order valence-electron chi connectivity index (χ2n) is 2.85. The summed E-state index contributed by atoms with van der Waals surface area (Å²) < 4.78 is 10.6. The van der Waals surface area contributed by atoms with Crippen LogP contribution in [-0.4, -0.2) is 19.3 Å². The van der Waals surface area contributed by atoms with E-state index in [0.29, 0.717) is 0 Å². The fraction of sp³-hybridized carbons (Fsp3) is 0.778. The summed E-state index contributed by atoms with van der Waals surface area (Å²) in [7, 11) is 0. The number of ether oxygens (including phenoxy) is 2. The molecule has 1 unspecified atom stereocenters. The predicted octanol–water partition coefficient (Wildman–Crippen LogP) is 2.11. The smallest absolute Gasteiger partial charge is 0.121 e. The van der Waals surface area contributed by atoms with Crippen molar-refractivity contribution in [2.45, 2.75) is 31.8 Å². The minimum Gasteiger partial charge on any atom is -0.496 e. The van der Waals surface area contributed by atoms with Crippen molar-refractivity contribution < 1.29 is 9.47 Å². The van der Waals surface area contributed by atoms with Gasteiger partial charge in [-0.1, -0.05) is 13.0 Å². The van der Waals surface area contributed by atoms with E-state index in [2.05, 4.69) is 6.58 Å². The van der Waals surface area contributed by atoms with Gasteiger partial charge in [0.25, 0.3) is 0 Å². The molecule has 2 nitrogen and oxygen atoms in total. The average molecular weight is 156 g/mol. The molecule has 1 fully saturated rings. The second kappa shape index (κ2) is 5.19. The highest BCUT2D eigenvalue weighted by Gasteiger charge is 2.10. The molecule has 0 radical (unpaired) electrons. The minimum absolute atomic E-state index is 0.243. The van der Waals surface area contributed by atoms with Crippen molar-refractivity contribution in [1.29, 1.82) is 0 Å². The zero-order chi connectivity index (χ0) is 7.94. The summed E-state index contributed by atoms with van der Waals surface area (Å²) >= 11 is 0. The van der Waals surface area contributed by atoms with Crippen molar-refractivity contribution in [1.82, 2.24) is 0 Å². The van der Waals surface area contributed by atoms with E-state index in [4.69, 9.17) is 9.47 Å². The number of hydrogen-bond donors (Lipinski definition) is 0. The van der Waals surface area contributed by atoms with Crippen molar-refractivity contribution in [3.8, 4) is 0 Å². The molecule has 0 aromatic carbocycles. The Morgan fingerprint density at radius 3 is 3.09 bits per heavy atom. The Hall–Kier alpha value is -0.500. The van der Waals surface area contributed by atoms with Gasteiger partial charge in [-0.15, -0.1) is 0 Å². The maximum absolute atomic E-state index is 5.37. The summed E-state index contributed by atoms with van der Waals surface area (Å²) in [6.45, 7) is 5.15. The van der Waals surface area contributed by atoms with E-state index >= 15 is 0 Å². The monoisotopic (exact) mass is 156 g/mol. The van der Waals surface area contributed by atoms with Crippen LogP contribution in [0, 0.1) is 0 Å². The molecule has 0 aromatic rings. The van der Waals surface area contributed by atoms with Gasteiger partial charge in [0.2, 0.25) is 0 Å². The highest BCUT2D eigenvalue weighted by Crippen LogP contribution is 2.11. The Kier molecular flexibility index (Phi) is 4.06. The average Bonchev–Trinajstić information content (AvgIpc) is 1.94. The number of rotatable bonds is 2. The van der Waals surface area contributed by atoms with Crippen molar-refractivity contribution in [3.05, 3.63) is 12.8 Å². The van der Waals surface area contributed by atoms with Crippen LogP contribution in [0.3, 0.4) is 0 Å². The van der Waals surface area contributed by atoms with Gasteiger partial charge in [-0.25, -0.2) is 0 Å². The van der Waals surface area contributed by atoms with Gasteiger partial charge in [0.05, 0.1) is 12.9 Å². The first kappa shape index (κ1) is 8.60. The predicted molar refractivity (Wildman–Crippen MR) is 44.4 cm³/mol. The van der Waals surface area contributed by atoms with E-state index in [0.717, 1.165) is 19.6 Å². The molecule has 0 N–H and O–H groups in total. The molecular formula is C9H16O2. The Morgan fingerprint density at radius 1 is 1.36 bits per heavy atom. The highest BCUT2D eigenvalue weighted by molar-refractivity contribution is 4.64. The molecular weight excluding hydrogens is 140 g/mol. The summed E-state index contributed by atoms with van der Waals surface area (Å²) in [4.78, 5) is 0. The summed E-state index contributed by atoms with van der Waals surface area (Å²) in [6, 6.07) is 0. The van der Waals surface area contributed by atoms with Gasteiger partial charge >= 0.3 is 0 Å². The van der Waals surface area contributed by atoms with E-state index in [9.17, 15) is 0 Å². The van der Waals surface area contributed by atoms with Crippen LogP contribution in [0.15, 0.2) is 12.8 Å². The van der Waals surface area contributed by atoms with Crippen LogP contribution in [0.5, 0.6) is 0 Å². The van der Waals surface area contributed by atoms with Crippen molar-refractivity contribution in [2.75, 3.05) is 13.2 Å². The zero-order valence-corrected chi connectivity index (χ0v) is 6.92. The van der Waals surface area contributed by atoms with E-state index < -0.39 is 0 Å². The molecule has 0 aromatic heterocycles. The first-order valence-electron chi connectivity index (χ1n) is 4.27. The van der Waals surface area contributed by atoms with Gasteiger partial charge in [0.1, 0.15) is 6.10 Å². The molecule has 2 heteroatoms. The second-order valence-corrected chi connectivity index (χ2v) is 2.85. The summed E-state index contributed by atoms with van der Waals surface area (Å²) in [5.74, 6) is 0. The SMILES string of the molecule is C=COC1CCCCCOC1. The molecule has 1 rings (SSSR count). The Labute approximate surface area is 68.2 Å². The Morgan fingerprint density at radius 2 is 2.27 bits per heavy atom. The first-order chi connectivity index (χ1) is 5.43. The van der Waals surface area contributed by atoms with Crippen molar-refractivity contribution in [2.24, 2.45) is 0 Å². The summed E-state index contributed by atoms with van der Waals surface area (Å²) in [5.41, 5.74) is 0. The minimum atomic E-state index is 0.243. The zero-order valence-electron chi connectivity index (χ0n) is 6.92. The van der Waals surface area contributed by atoms with Crippen LogP contribution in [0.25, 0.3) is 0 Å². The number of hydrogen-bond acceptors (Lipinski definition) is 2. The molecule has 1 heterocycles. The fourth-order valence-corrected chi connectivity index (χ4v) is 1.29. The van der Waals surface area contributed by atoms with Crippen molar-refractivity contribution in [3.63, 3.8) is 0 Å². The Bertz CT molecular complexity index is 104. The lowest BCUT2D eigenvalue weighted by atomic mass is 10.1. The van der Waals surface area contributed by atoms with Gasteiger partial charge in [0.15, 0.2) is 0 Å². The lowest BCUT2D eigenvalue weighted by molar-refractivity contribution is 0.0116. The van der Waals surface area contributed by atoms with Crippen LogP contribution in [0.2, 0.25) is 0 Å². The van der Waals surface area contributed by atoms with Crippen LogP contribution in [0.4, 0.5) is 0 Å². The molecule has 1 aliphatic heterocycles. The van der Waals surface area contributed by atoms with Crippen molar-refractivity contribution >= 4 is 0 Å². The van der Waals surface area contributed by atoms with Gasteiger partial charge in [-0.2, -0.15) is 0 Å². The molecule has 1 aliphatic rings. The van der Waals surface area contributed by atoms with Crippen LogP contribution in [-0.2, 0) is 9.47 Å². The summed E-state index contributed by atoms with van der Waals surface area (Å²) in [6.07, 6.45) is 6.56. The highest BCUT2D eigenvalue weighted by atomic mass is 16.5. The summed E-state index contributed by atoms with van der Waals surface area (Å²) in [5, 5.41) is 0. The normalized spacial score (nSPS) is 26.7. The Balaban J connectivity index is 2.20. The van der Waals surface area contributed by atoms with E-state index in [1.165, 1.54) is 25.5 Å². The molecule has 64 valence electrons. The molecule has 1 saturated heterocycles. The molecule has 0 amide bonds. The van der Waals surface area contributed by atoms with Crippen LogP contribution >= 0.6 is 0 Å².